The van der Waals surface area contributed by atoms with Gasteiger partial charge in [-0.05, 0) is 46.2 Å². The van der Waals surface area contributed by atoms with Crippen LogP contribution in [0.25, 0.3) is 23.3 Å². The fraction of sp³-hybridized carbons (Fsp3) is 0. The number of thiophene rings is 2. The summed E-state index contributed by atoms with van der Waals surface area (Å²) in [6.07, 6.45) is 4.65. The molecule has 2 aliphatic rings. The SMILES string of the molecule is C1=c2sccc2=C2C=c3sccc3=C12. The molecule has 0 bridgehead atoms. The van der Waals surface area contributed by atoms with Crippen LogP contribution in [0.2, 0.25) is 0 Å². The molecule has 2 aromatic rings. The molecule has 0 radical (unpaired) electrons. The Morgan fingerprint density at radius 1 is 0.714 bits per heavy atom. The number of hydrogen-bond acceptors (Lipinski definition) is 2. The molecule has 2 heterocycles. The summed E-state index contributed by atoms with van der Waals surface area (Å²) in [7, 11) is 0. The van der Waals surface area contributed by atoms with E-state index in [1.807, 2.05) is 22.7 Å². The van der Waals surface area contributed by atoms with Gasteiger partial charge in [-0.3, -0.25) is 0 Å². The van der Waals surface area contributed by atoms with E-state index in [0.29, 0.717) is 0 Å². The van der Waals surface area contributed by atoms with E-state index < -0.39 is 0 Å². The number of hydrogen-bond donors (Lipinski definition) is 0. The number of rotatable bonds is 0. The van der Waals surface area contributed by atoms with Gasteiger partial charge in [0.15, 0.2) is 0 Å². The van der Waals surface area contributed by atoms with Gasteiger partial charge in [0.2, 0.25) is 0 Å². The lowest BCUT2D eigenvalue weighted by atomic mass is 10.1. The zero-order valence-electron chi connectivity index (χ0n) is 7.28. The molecule has 2 heteroatoms. The molecule has 0 unspecified atom stereocenters. The van der Waals surface area contributed by atoms with Gasteiger partial charge in [0.25, 0.3) is 0 Å². The minimum Gasteiger partial charge on any atom is -0.144 e. The minimum absolute atomic E-state index is 1.42. The van der Waals surface area contributed by atoms with Crippen molar-refractivity contribution in [3.8, 4) is 0 Å². The largest absolute Gasteiger partial charge is 0.144 e. The normalized spacial score (nSPS) is 16.0. The van der Waals surface area contributed by atoms with Crippen molar-refractivity contribution in [1.29, 1.82) is 0 Å². The Bertz CT molecular complexity index is 701. The number of fused-ring (bicyclic) bond motifs is 3. The molecule has 0 N–H and O–H groups in total. The highest BCUT2D eigenvalue weighted by molar-refractivity contribution is 7.08. The third-order valence-electron chi connectivity index (χ3n) is 2.81. The Morgan fingerprint density at radius 3 is 1.71 bits per heavy atom. The third-order valence-corrected chi connectivity index (χ3v) is 4.54. The summed E-state index contributed by atoms with van der Waals surface area (Å²) in [6, 6.07) is 4.46. The molecule has 2 aliphatic carbocycles. The zero-order valence-corrected chi connectivity index (χ0v) is 8.91. The predicted molar refractivity (Wildman–Crippen MR) is 62.9 cm³/mol. The highest BCUT2D eigenvalue weighted by Crippen LogP contribution is 2.19. The Kier molecular flexibility index (Phi) is 1.17. The van der Waals surface area contributed by atoms with Crippen molar-refractivity contribution in [1.82, 2.24) is 0 Å². The van der Waals surface area contributed by atoms with Gasteiger partial charge >= 0.3 is 0 Å². The van der Waals surface area contributed by atoms with Crippen molar-refractivity contribution in [3.63, 3.8) is 0 Å². The molecular weight excluding hydrogens is 208 g/mol. The second-order valence-corrected chi connectivity index (χ2v) is 5.41. The molecular formula is C12H6S2. The summed E-state index contributed by atoms with van der Waals surface area (Å²) in [4.78, 5) is 0. The van der Waals surface area contributed by atoms with E-state index >= 15 is 0 Å². The first-order chi connectivity index (χ1) is 6.93. The quantitative estimate of drug-likeness (QED) is 0.595. The van der Waals surface area contributed by atoms with E-state index in [9.17, 15) is 0 Å². The van der Waals surface area contributed by atoms with Crippen LogP contribution in [0.15, 0.2) is 22.9 Å². The zero-order chi connectivity index (χ0) is 9.12. The maximum Gasteiger partial charge on any atom is 0.0355 e. The van der Waals surface area contributed by atoms with E-state index in [0.717, 1.165) is 0 Å². The van der Waals surface area contributed by atoms with Crippen molar-refractivity contribution in [2.24, 2.45) is 0 Å². The first kappa shape index (κ1) is 7.21. The van der Waals surface area contributed by atoms with Gasteiger partial charge in [-0.25, -0.2) is 0 Å². The van der Waals surface area contributed by atoms with Gasteiger partial charge in [-0.2, -0.15) is 0 Å². The first-order valence-electron chi connectivity index (χ1n) is 4.53. The Morgan fingerprint density at radius 2 is 1.21 bits per heavy atom. The second-order valence-electron chi connectivity index (χ2n) is 3.51. The van der Waals surface area contributed by atoms with E-state index in [-0.39, 0.29) is 0 Å². The van der Waals surface area contributed by atoms with Crippen molar-refractivity contribution in [2.75, 3.05) is 0 Å². The van der Waals surface area contributed by atoms with E-state index in [1.165, 1.54) is 30.6 Å². The van der Waals surface area contributed by atoms with E-state index in [4.69, 9.17) is 0 Å². The topological polar surface area (TPSA) is 0 Å². The molecule has 2 aromatic heterocycles. The van der Waals surface area contributed by atoms with Crippen LogP contribution >= 0.6 is 22.7 Å². The van der Waals surface area contributed by atoms with Crippen LogP contribution in [0.1, 0.15) is 0 Å². The highest BCUT2D eigenvalue weighted by Gasteiger charge is 2.15. The molecule has 14 heavy (non-hydrogen) atoms. The molecule has 0 fully saturated rings. The van der Waals surface area contributed by atoms with Gasteiger partial charge < -0.3 is 0 Å². The molecule has 66 valence electrons. The van der Waals surface area contributed by atoms with E-state index in [2.05, 4.69) is 35.0 Å². The molecule has 0 aromatic carbocycles. The second kappa shape index (κ2) is 2.27. The van der Waals surface area contributed by atoms with Crippen LogP contribution in [0, 0.1) is 0 Å². The van der Waals surface area contributed by atoms with E-state index in [1.54, 1.807) is 0 Å². The lowest BCUT2D eigenvalue weighted by molar-refractivity contribution is 1.74. The van der Waals surface area contributed by atoms with Crippen LogP contribution < -0.4 is 19.5 Å². The predicted octanol–water partition coefficient (Wildman–Crippen LogP) is 0.399. The summed E-state index contributed by atoms with van der Waals surface area (Å²) >= 11 is 3.66. The first-order valence-corrected chi connectivity index (χ1v) is 6.29. The van der Waals surface area contributed by atoms with Crippen LogP contribution in [0.3, 0.4) is 0 Å². The Hall–Kier alpha value is -1.12. The summed E-state index contributed by atoms with van der Waals surface area (Å²) in [6.45, 7) is 0. The van der Waals surface area contributed by atoms with Gasteiger partial charge in [-0.1, -0.05) is 0 Å². The molecule has 0 saturated heterocycles. The Labute approximate surface area is 88.5 Å². The van der Waals surface area contributed by atoms with Crippen molar-refractivity contribution < 1.29 is 0 Å². The summed E-state index contributed by atoms with van der Waals surface area (Å²) < 4.78 is 2.84. The average Bonchev–Trinajstić information content (AvgIpc) is 2.80. The Balaban J connectivity index is 2.39. The summed E-state index contributed by atoms with van der Waals surface area (Å²) in [5, 5.41) is 7.19. The van der Waals surface area contributed by atoms with Crippen LogP contribution in [0.4, 0.5) is 0 Å². The fourth-order valence-corrected chi connectivity index (χ4v) is 3.86. The molecule has 0 amide bonds. The molecule has 0 aliphatic heterocycles. The minimum atomic E-state index is 1.42. The molecule has 0 saturated carbocycles. The lowest BCUT2D eigenvalue weighted by Crippen LogP contribution is -2.17. The smallest absolute Gasteiger partial charge is 0.0355 e. The standard InChI is InChI=1S/C12H6S2/c1-3-13-11-6-10-8-2-4-14-12(8)5-9(10)7(1)11/h1-6H. The van der Waals surface area contributed by atoms with Crippen molar-refractivity contribution in [2.45, 2.75) is 0 Å². The van der Waals surface area contributed by atoms with Gasteiger partial charge in [-0.15, -0.1) is 22.7 Å². The molecule has 0 spiro atoms. The van der Waals surface area contributed by atoms with Crippen LogP contribution in [-0.4, -0.2) is 0 Å². The van der Waals surface area contributed by atoms with Crippen LogP contribution in [0.5, 0.6) is 0 Å². The molecule has 4 rings (SSSR count). The fourth-order valence-electron chi connectivity index (χ4n) is 2.17. The van der Waals surface area contributed by atoms with Crippen molar-refractivity contribution in [3.05, 3.63) is 42.4 Å². The average molecular weight is 214 g/mol. The van der Waals surface area contributed by atoms with Gasteiger partial charge in [0.05, 0.1) is 0 Å². The van der Waals surface area contributed by atoms with Gasteiger partial charge in [0.1, 0.15) is 0 Å². The van der Waals surface area contributed by atoms with Gasteiger partial charge in [0, 0.05) is 19.5 Å². The molecule has 0 nitrogen and oxygen atoms in total. The lowest BCUT2D eigenvalue weighted by Gasteiger charge is -1.90. The maximum absolute atomic E-state index is 2.32. The highest BCUT2D eigenvalue weighted by atomic mass is 32.1. The van der Waals surface area contributed by atoms with Crippen LogP contribution in [-0.2, 0) is 0 Å². The monoisotopic (exact) mass is 214 g/mol. The van der Waals surface area contributed by atoms with Crippen molar-refractivity contribution >= 4 is 46.0 Å². The summed E-state index contributed by atoms with van der Waals surface area (Å²) in [5.74, 6) is 0. The third kappa shape index (κ3) is 0.703. The summed E-state index contributed by atoms with van der Waals surface area (Å²) in [5.41, 5.74) is 2.87. The molecule has 0 atom stereocenters. The maximum atomic E-state index is 2.32.